The number of benzene rings is 2. The van der Waals surface area contributed by atoms with E-state index in [4.69, 9.17) is 0 Å². The third-order valence-corrected chi connectivity index (χ3v) is 3.53. The van der Waals surface area contributed by atoms with E-state index in [0.29, 0.717) is 13.1 Å². The van der Waals surface area contributed by atoms with Crippen LogP contribution in [0.25, 0.3) is 12.2 Å². The summed E-state index contributed by atoms with van der Waals surface area (Å²) in [6.45, 7) is 1.07. The molecule has 0 saturated carbocycles. The molecule has 2 rings (SSSR count). The van der Waals surface area contributed by atoms with Gasteiger partial charge in [0.15, 0.2) is 0 Å². The van der Waals surface area contributed by atoms with E-state index >= 15 is 0 Å². The normalized spacial score (nSPS) is 11.9. The van der Waals surface area contributed by atoms with Crippen molar-refractivity contribution in [3.05, 3.63) is 92.0 Å². The summed E-state index contributed by atoms with van der Waals surface area (Å²) in [6.07, 6.45) is 10.5. The van der Waals surface area contributed by atoms with Crippen molar-refractivity contribution in [3.63, 3.8) is 0 Å². The molecule has 142 valence electrons. The van der Waals surface area contributed by atoms with Gasteiger partial charge >= 0.3 is 0 Å². The lowest BCUT2D eigenvalue weighted by atomic mass is 10.2. The summed E-state index contributed by atoms with van der Waals surface area (Å²) in [6, 6.07) is 12.5. The maximum absolute atomic E-state index is 10.6. The molecule has 0 amide bonds. The summed E-state index contributed by atoms with van der Waals surface area (Å²) in [5.74, 6) is 0. The van der Waals surface area contributed by atoms with Crippen molar-refractivity contribution in [2.45, 2.75) is 0 Å². The van der Waals surface area contributed by atoms with Crippen molar-refractivity contribution in [1.82, 2.24) is 0 Å². The molecule has 0 spiro atoms. The topological polar surface area (TPSA) is 111 Å². The molecule has 0 aromatic heterocycles. The van der Waals surface area contributed by atoms with E-state index in [0.717, 1.165) is 11.1 Å². The highest BCUT2D eigenvalue weighted by Gasteiger charge is 2.02. The number of nitro groups is 2. The van der Waals surface area contributed by atoms with Gasteiger partial charge in [0.1, 0.15) is 0 Å². The number of non-ortho nitro benzene ring substituents is 2. The van der Waals surface area contributed by atoms with E-state index in [1.807, 2.05) is 12.2 Å². The van der Waals surface area contributed by atoms with Crippen molar-refractivity contribution < 1.29 is 9.85 Å². The third kappa shape index (κ3) is 7.12. The minimum Gasteiger partial charge on any atom is -0.291 e. The highest BCUT2D eigenvalue weighted by atomic mass is 16.6. The van der Waals surface area contributed by atoms with Crippen LogP contribution in [0.3, 0.4) is 0 Å². The van der Waals surface area contributed by atoms with Gasteiger partial charge in [-0.3, -0.25) is 30.2 Å². The summed E-state index contributed by atoms with van der Waals surface area (Å²) < 4.78 is 0. The molecule has 8 nitrogen and oxygen atoms in total. The van der Waals surface area contributed by atoms with Gasteiger partial charge in [-0.1, -0.05) is 12.2 Å². The number of nitro benzene ring substituents is 2. The standard InChI is InChI=1S/C20H18N4O4/c25-23(26)19-9-5-17(6-10-19)3-1-13-21-15-16-22-14-2-4-18-7-11-20(12-8-18)24(27)28/h1-14H,15-16H2/b3-1+,4-2+,21-13?,22-14?. The first kappa shape index (κ1) is 20.4. The molecule has 0 saturated heterocycles. The molecule has 0 atom stereocenters. The van der Waals surface area contributed by atoms with Gasteiger partial charge in [0.05, 0.1) is 22.9 Å². The second-order valence-electron chi connectivity index (χ2n) is 5.53. The molecule has 0 N–H and O–H groups in total. The van der Waals surface area contributed by atoms with E-state index in [9.17, 15) is 20.2 Å². The lowest BCUT2D eigenvalue weighted by Crippen LogP contribution is -1.87. The number of allylic oxidation sites excluding steroid dienone is 2. The zero-order chi connectivity index (χ0) is 20.2. The molecule has 0 aliphatic heterocycles. The van der Waals surface area contributed by atoms with Crippen molar-refractivity contribution in [1.29, 1.82) is 0 Å². The molecule has 28 heavy (non-hydrogen) atoms. The van der Waals surface area contributed by atoms with Crippen molar-refractivity contribution in [2.24, 2.45) is 9.98 Å². The van der Waals surface area contributed by atoms with Crippen molar-refractivity contribution in [2.75, 3.05) is 13.1 Å². The SMILES string of the molecule is O=[N+]([O-])c1ccc(/C=C/C=NCCN=C/C=C/c2ccc([N+](=O)[O-])cc2)cc1. The third-order valence-electron chi connectivity index (χ3n) is 3.53. The number of hydrogen-bond donors (Lipinski definition) is 0. The maximum atomic E-state index is 10.6. The molecule has 0 bridgehead atoms. The van der Waals surface area contributed by atoms with Crippen molar-refractivity contribution >= 4 is 36.0 Å². The zero-order valence-corrected chi connectivity index (χ0v) is 14.9. The molecule has 0 radical (unpaired) electrons. The van der Waals surface area contributed by atoms with Gasteiger partial charge in [-0.05, 0) is 47.5 Å². The first-order chi connectivity index (χ1) is 13.6. The van der Waals surface area contributed by atoms with Crippen LogP contribution in [-0.2, 0) is 0 Å². The van der Waals surface area contributed by atoms with E-state index in [1.54, 1.807) is 48.8 Å². The Morgan fingerprint density at radius 2 is 1.04 bits per heavy atom. The number of rotatable bonds is 9. The van der Waals surface area contributed by atoms with E-state index in [-0.39, 0.29) is 11.4 Å². The second kappa shape index (κ2) is 10.9. The van der Waals surface area contributed by atoms with Gasteiger partial charge in [-0.2, -0.15) is 0 Å². The Bertz CT molecular complexity index is 837. The van der Waals surface area contributed by atoms with E-state index in [2.05, 4.69) is 9.98 Å². The Balaban J connectivity index is 1.68. The van der Waals surface area contributed by atoms with Gasteiger partial charge < -0.3 is 0 Å². The number of aliphatic imine (C=N–C) groups is 2. The summed E-state index contributed by atoms with van der Waals surface area (Å²) in [5, 5.41) is 21.1. The van der Waals surface area contributed by atoms with E-state index < -0.39 is 9.85 Å². The quantitative estimate of drug-likeness (QED) is 0.279. The van der Waals surface area contributed by atoms with Crippen LogP contribution in [0.15, 0.2) is 70.7 Å². The molecule has 0 aliphatic carbocycles. The van der Waals surface area contributed by atoms with Gasteiger partial charge in [-0.25, -0.2) is 0 Å². The highest BCUT2D eigenvalue weighted by molar-refractivity contribution is 5.79. The lowest BCUT2D eigenvalue weighted by Gasteiger charge is -1.92. The lowest BCUT2D eigenvalue weighted by molar-refractivity contribution is -0.385. The molecule has 0 aliphatic rings. The predicted molar refractivity (Wildman–Crippen MR) is 111 cm³/mol. The Kier molecular flexibility index (Phi) is 7.94. The van der Waals surface area contributed by atoms with Crippen LogP contribution in [-0.4, -0.2) is 35.4 Å². The molecule has 0 fully saturated rings. The smallest absolute Gasteiger partial charge is 0.269 e. The molecule has 8 heteroatoms. The number of nitrogens with zero attached hydrogens (tertiary/aromatic N) is 4. The van der Waals surface area contributed by atoms with Crippen LogP contribution >= 0.6 is 0 Å². The first-order valence-electron chi connectivity index (χ1n) is 8.38. The fraction of sp³-hybridized carbons (Fsp3) is 0.100. The Morgan fingerprint density at radius 1 is 0.679 bits per heavy atom. The summed E-state index contributed by atoms with van der Waals surface area (Å²) in [5.41, 5.74) is 1.83. The molecule has 2 aromatic rings. The van der Waals surface area contributed by atoms with Crippen molar-refractivity contribution in [3.8, 4) is 0 Å². The molecule has 0 unspecified atom stereocenters. The fourth-order valence-corrected chi connectivity index (χ4v) is 2.11. The van der Waals surface area contributed by atoms with Gasteiger partial charge in [-0.15, -0.1) is 0 Å². The minimum absolute atomic E-state index is 0.0614. The molecular formula is C20H18N4O4. The van der Waals surface area contributed by atoms with Crippen LogP contribution in [0.1, 0.15) is 11.1 Å². The summed E-state index contributed by atoms with van der Waals surface area (Å²) in [4.78, 5) is 28.7. The largest absolute Gasteiger partial charge is 0.291 e. The number of hydrogen-bond acceptors (Lipinski definition) is 6. The first-order valence-corrected chi connectivity index (χ1v) is 8.38. The molecule has 2 aromatic carbocycles. The average molecular weight is 378 g/mol. The predicted octanol–water partition coefficient (Wildman–Crippen LogP) is 4.37. The van der Waals surface area contributed by atoms with Crippen LogP contribution in [0, 0.1) is 20.2 Å². The van der Waals surface area contributed by atoms with Gasteiger partial charge in [0.2, 0.25) is 0 Å². The molecular weight excluding hydrogens is 360 g/mol. The Hall–Kier alpha value is -3.94. The second-order valence-corrected chi connectivity index (χ2v) is 5.53. The van der Waals surface area contributed by atoms with Gasteiger partial charge in [0, 0.05) is 36.7 Å². The Labute approximate surface area is 161 Å². The Morgan fingerprint density at radius 3 is 1.36 bits per heavy atom. The molecule has 0 heterocycles. The minimum atomic E-state index is -0.434. The highest BCUT2D eigenvalue weighted by Crippen LogP contribution is 2.13. The zero-order valence-electron chi connectivity index (χ0n) is 14.9. The van der Waals surface area contributed by atoms with Crippen LogP contribution in [0.4, 0.5) is 11.4 Å². The monoisotopic (exact) mass is 378 g/mol. The van der Waals surface area contributed by atoms with Crippen LogP contribution < -0.4 is 0 Å². The van der Waals surface area contributed by atoms with Gasteiger partial charge in [0.25, 0.3) is 11.4 Å². The summed E-state index contributed by atoms with van der Waals surface area (Å²) in [7, 11) is 0. The summed E-state index contributed by atoms with van der Waals surface area (Å²) >= 11 is 0. The van der Waals surface area contributed by atoms with E-state index in [1.165, 1.54) is 24.3 Å². The maximum Gasteiger partial charge on any atom is 0.269 e. The van der Waals surface area contributed by atoms with Crippen LogP contribution in [0.2, 0.25) is 0 Å². The average Bonchev–Trinajstić information content (AvgIpc) is 2.70. The fourth-order valence-electron chi connectivity index (χ4n) is 2.11. The van der Waals surface area contributed by atoms with Crippen LogP contribution in [0.5, 0.6) is 0 Å².